The van der Waals surface area contributed by atoms with E-state index in [-0.39, 0.29) is 12.4 Å². The fraction of sp³-hybridized carbons (Fsp3) is 0.533. The molecule has 0 radical (unpaired) electrons. The first-order chi connectivity index (χ1) is 11.8. The van der Waals surface area contributed by atoms with Crippen LogP contribution >= 0.6 is 0 Å². The van der Waals surface area contributed by atoms with Crippen molar-refractivity contribution in [2.45, 2.75) is 47.2 Å². The molecule has 1 aromatic carbocycles. The fourth-order valence-corrected chi connectivity index (χ4v) is 3.81. The SMILES string of the molecule is [C-]#[N+]C1(COc2ccc(S(=O)(=O)C(F)(F)F)c3c2CC(F)(F)[C@H]3O)CC1. The van der Waals surface area contributed by atoms with Gasteiger partial charge in [0, 0.05) is 30.4 Å². The number of aliphatic hydroxyl groups excluding tert-OH is 1. The van der Waals surface area contributed by atoms with Gasteiger partial charge in [0.05, 0.1) is 4.90 Å². The van der Waals surface area contributed by atoms with E-state index >= 15 is 0 Å². The largest absolute Gasteiger partial charge is 0.501 e. The third-order valence-corrected chi connectivity index (χ3v) is 6.06. The van der Waals surface area contributed by atoms with E-state index in [2.05, 4.69) is 4.85 Å². The van der Waals surface area contributed by atoms with Crippen molar-refractivity contribution >= 4 is 9.84 Å². The molecule has 0 bridgehead atoms. The van der Waals surface area contributed by atoms with Gasteiger partial charge in [-0.2, -0.15) is 13.2 Å². The van der Waals surface area contributed by atoms with Gasteiger partial charge in [-0.1, -0.05) is 0 Å². The maximum absolute atomic E-state index is 13.9. The third-order valence-electron chi connectivity index (χ3n) is 4.51. The third kappa shape index (κ3) is 2.81. The van der Waals surface area contributed by atoms with Crippen LogP contribution in [0, 0.1) is 6.57 Å². The zero-order chi connectivity index (χ0) is 19.5. The van der Waals surface area contributed by atoms with Gasteiger partial charge >= 0.3 is 5.51 Å². The van der Waals surface area contributed by atoms with E-state index in [1.165, 1.54) is 0 Å². The number of alkyl halides is 5. The number of ether oxygens (including phenoxy) is 1. The van der Waals surface area contributed by atoms with E-state index in [1.807, 2.05) is 0 Å². The predicted octanol–water partition coefficient (Wildman–Crippen LogP) is 3.04. The Hall–Kier alpha value is -1.93. The van der Waals surface area contributed by atoms with Crippen LogP contribution in [0.5, 0.6) is 5.75 Å². The monoisotopic (exact) mass is 397 g/mol. The van der Waals surface area contributed by atoms with Gasteiger partial charge in [0.25, 0.3) is 21.3 Å². The van der Waals surface area contributed by atoms with Crippen LogP contribution in [0.15, 0.2) is 17.0 Å². The average molecular weight is 397 g/mol. The predicted molar refractivity (Wildman–Crippen MR) is 77.4 cm³/mol. The van der Waals surface area contributed by atoms with E-state index in [9.17, 15) is 35.5 Å². The molecule has 1 N–H and O–H groups in total. The first kappa shape index (κ1) is 18.8. The maximum atomic E-state index is 13.9. The molecule has 2 aliphatic rings. The van der Waals surface area contributed by atoms with Crippen LogP contribution in [0.25, 0.3) is 4.85 Å². The Bertz CT molecular complexity index is 900. The first-order valence-corrected chi connectivity index (χ1v) is 8.87. The Labute approximate surface area is 145 Å². The van der Waals surface area contributed by atoms with E-state index in [0.717, 1.165) is 6.07 Å². The van der Waals surface area contributed by atoms with Gasteiger partial charge in [-0.25, -0.2) is 23.8 Å². The van der Waals surface area contributed by atoms with Crippen molar-refractivity contribution in [2.75, 3.05) is 6.61 Å². The Kier molecular flexibility index (Phi) is 4.01. The van der Waals surface area contributed by atoms with E-state index in [1.54, 1.807) is 0 Å². The summed E-state index contributed by atoms with van der Waals surface area (Å²) in [6, 6.07) is 1.35. The Morgan fingerprint density at radius 1 is 1.31 bits per heavy atom. The summed E-state index contributed by atoms with van der Waals surface area (Å²) in [7, 11) is -5.93. The normalized spacial score (nSPS) is 23.2. The number of hydrogen-bond donors (Lipinski definition) is 1. The minimum absolute atomic E-state index is 0.157. The highest BCUT2D eigenvalue weighted by atomic mass is 32.2. The van der Waals surface area contributed by atoms with E-state index in [4.69, 9.17) is 11.3 Å². The minimum atomic E-state index is -5.93. The van der Waals surface area contributed by atoms with Gasteiger partial charge in [0.2, 0.25) is 0 Å². The standard InChI is InChI=1S/C15H12F5NO4S/c1-21-13(4-5-13)7-25-9-2-3-10(26(23,24)15(18,19)20)11-8(9)6-14(16,17)12(11)22/h2-3,12,22H,4-7H2/t12-/m0/s1. The molecule has 1 aromatic rings. The van der Waals surface area contributed by atoms with Crippen LogP contribution in [0.1, 0.15) is 30.1 Å². The van der Waals surface area contributed by atoms with Crippen molar-refractivity contribution in [3.8, 4) is 5.75 Å². The Morgan fingerprint density at radius 2 is 1.92 bits per heavy atom. The zero-order valence-corrected chi connectivity index (χ0v) is 13.8. The Balaban J connectivity index is 2.09. The summed E-state index contributed by atoms with van der Waals surface area (Å²) in [6.45, 7) is 6.89. The molecule has 26 heavy (non-hydrogen) atoms. The molecule has 1 saturated carbocycles. The topological polar surface area (TPSA) is 68.0 Å². The highest BCUT2D eigenvalue weighted by Crippen LogP contribution is 2.51. The van der Waals surface area contributed by atoms with E-state index < -0.39 is 55.4 Å². The highest BCUT2D eigenvalue weighted by Gasteiger charge is 2.56. The molecule has 5 nitrogen and oxygen atoms in total. The smallest absolute Gasteiger partial charge is 0.485 e. The lowest BCUT2D eigenvalue weighted by molar-refractivity contribution is -0.0978. The summed E-state index contributed by atoms with van der Waals surface area (Å²) in [5.74, 6) is -4.10. The summed E-state index contributed by atoms with van der Waals surface area (Å²) in [6.07, 6.45) is -2.79. The van der Waals surface area contributed by atoms with Gasteiger partial charge in [-0.05, 0) is 12.1 Å². The van der Waals surface area contributed by atoms with Crippen molar-refractivity contribution < 1.29 is 40.2 Å². The zero-order valence-electron chi connectivity index (χ0n) is 13.0. The van der Waals surface area contributed by atoms with Crippen molar-refractivity contribution in [1.29, 1.82) is 0 Å². The highest BCUT2D eigenvalue weighted by molar-refractivity contribution is 7.92. The molecule has 0 heterocycles. The molecule has 11 heteroatoms. The maximum Gasteiger partial charge on any atom is 0.501 e. The second kappa shape index (κ2) is 5.53. The lowest BCUT2D eigenvalue weighted by atomic mass is 10.1. The van der Waals surface area contributed by atoms with Gasteiger partial charge in [-0.3, -0.25) is 0 Å². The second-order valence-electron chi connectivity index (χ2n) is 6.37. The van der Waals surface area contributed by atoms with Gasteiger partial charge in [0.1, 0.15) is 11.9 Å². The van der Waals surface area contributed by atoms with Crippen molar-refractivity contribution in [3.05, 3.63) is 34.7 Å². The van der Waals surface area contributed by atoms with Gasteiger partial charge in [0.15, 0.2) is 6.61 Å². The molecule has 0 spiro atoms. The summed E-state index contributed by atoms with van der Waals surface area (Å²) in [5, 5.41) is 9.74. The molecular weight excluding hydrogens is 385 g/mol. The average Bonchev–Trinajstić information content (AvgIpc) is 3.27. The second-order valence-corrected chi connectivity index (χ2v) is 8.28. The summed E-state index contributed by atoms with van der Waals surface area (Å²) >= 11 is 0. The van der Waals surface area contributed by atoms with Crippen molar-refractivity contribution in [2.24, 2.45) is 0 Å². The Morgan fingerprint density at radius 3 is 2.42 bits per heavy atom. The summed E-state index contributed by atoms with van der Waals surface area (Å²) in [4.78, 5) is 1.94. The quantitative estimate of drug-likeness (QED) is 0.627. The summed E-state index contributed by atoms with van der Waals surface area (Å²) in [5.41, 5.74) is -7.99. The molecule has 142 valence electrons. The molecule has 0 unspecified atom stereocenters. The van der Waals surface area contributed by atoms with Crippen LogP contribution in [-0.2, 0) is 16.3 Å². The number of benzene rings is 1. The lowest BCUT2D eigenvalue weighted by Gasteiger charge is -2.17. The number of nitrogens with zero attached hydrogens (tertiary/aromatic N) is 1. The molecular formula is C15H12F5NO4S. The van der Waals surface area contributed by atoms with Crippen LogP contribution in [0.2, 0.25) is 0 Å². The lowest BCUT2D eigenvalue weighted by Crippen LogP contribution is -2.26. The number of aliphatic hydroxyl groups is 1. The number of rotatable bonds is 4. The fourth-order valence-electron chi connectivity index (χ4n) is 2.79. The van der Waals surface area contributed by atoms with Crippen LogP contribution < -0.4 is 4.74 Å². The van der Waals surface area contributed by atoms with Crippen LogP contribution in [0.4, 0.5) is 22.0 Å². The number of halogens is 5. The minimum Gasteiger partial charge on any atom is -0.485 e. The van der Waals surface area contributed by atoms with E-state index in [0.29, 0.717) is 18.9 Å². The molecule has 0 amide bonds. The summed E-state index contributed by atoms with van der Waals surface area (Å²) < 4.78 is 95.0. The molecule has 2 aliphatic carbocycles. The van der Waals surface area contributed by atoms with Crippen LogP contribution in [-0.4, -0.2) is 37.1 Å². The molecule has 3 rings (SSSR count). The molecule has 0 aromatic heterocycles. The van der Waals surface area contributed by atoms with Crippen molar-refractivity contribution in [3.63, 3.8) is 0 Å². The molecule has 1 fully saturated rings. The van der Waals surface area contributed by atoms with Gasteiger partial charge in [-0.15, -0.1) is 0 Å². The number of hydrogen-bond acceptors (Lipinski definition) is 4. The number of sulfone groups is 1. The molecule has 1 atom stereocenters. The van der Waals surface area contributed by atoms with Crippen molar-refractivity contribution in [1.82, 2.24) is 0 Å². The number of fused-ring (bicyclic) bond motifs is 1. The molecule has 0 saturated heterocycles. The van der Waals surface area contributed by atoms with Crippen LogP contribution in [0.3, 0.4) is 0 Å². The molecule has 0 aliphatic heterocycles. The van der Waals surface area contributed by atoms with Gasteiger partial charge < -0.3 is 14.7 Å². The first-order valence-electron chi connectivity index (χ1n) is 7.39.